The van der Waals surface area contributed by atoms with Gasteiger partial charge in [0.2, 0.25) is 10.0 Å². The van der Waals surface area contributed by atoms with Crippen molar-refractivity contribution in [1.29, 1.82) is 0 Å². The number of aliphatic hydroxyl groups excluding tert-OH is 1. The van der Waals surface area contributed by atoms with Crippen molar-refractivity contribution in [2.75, 3.05) is 6.61 Å². The van der Waals surface area contributed by atoms with Crippen molar-refractivity contribution >= 4 is 26.0 Å². The first-order valence-corrected chi connectivity index (χ1v) is 8.18. The van der Waals surface area contributed by atoms with Crippen molar-refractivity contribution in [3.63, 3.8) is 0 Å². The first kappa shape index (κ1) is 16.6. The number of nitrogens with one attached hydrogen (secondary N) is 1. The molecule has 0 aliphatic rings. The van der Waals surface area contributed by atoms with Gasteiger partial charge in [0.1, 0.15) is 4.90 Å². The van der Waals surface area contributed by atoms with Crippen LogP contribution in [0.5, 0.6) is 0 Å². The van der Waals surface area contributed by atoms with Gasteiger partial charge in [0, 0.05) is 29.5 Å². The fraction of sp³-hybridized carbons (Fsp3) is 0.583. The highest BCUT2D eigenvalue weighted by Crippen LogP contribution is 2.24. The summed E-state index contributed by atoms with van der Waals surface area (Å²) in [5.74, 6) is 0. The molecule has 0 aliphatic heterocycles. The highest BCUT2D eigenvalue weighted by Gasteiger charge is 2.29. The number of hydrogen-bond donors (Lipinski definition) is 2. The largest absolute Gasteiger partial charge is 0.396 e. The van der Waals surface area contributed by atoms with Gasteiger partial charge in [-0.1, -0.05) is 20.8 Å². The van der Waals surface area contributed by atoms with Crippen LogP contribution in [0, 0.1) is 5.41 Å². The van der Waals surface area contributed by atoms with Crippen LogP contribution >= 0.6 is 15.9 Å². The van der Waals surface area contributed by atoms with Crippen LogP contribution in [0.15, 0.2) is 27.8 Å². The van der Waals surface area contributed by atoms with Gasteiger partial charge in [0.25, 0.3) is 0 Å². The van der Waals surface area contributed by atoms with Crippen molar-refractivity contribution in [1.82, 2.24) is 9.71 Å². The summed E-state index contributed by atoms with van der Waals surface area (Å²) in [5.41, 5.74) is -0.282. The highest BCUT2D eigenvalue weighted by atomic mass is 79.9. The smallest absolute Gasteiger partial charge is 0.242 e. The van der Waals surface area contributed by atoms with E-state index in [1.807, 2.05) is 20.8 Å². The third-order valence-electron chi connectivity index (χ3n) is 2.75. The van der Waals surface area contributed by atoms with Crippen molar-refractivity contribution in [3.8, 4) is 0 Å². The Hall–Kier alpha value is -0.500. The second-order valence-corrected chi connectivity index (χ2v) is 8.02. The van der Waals surface area contributed by atoms with Crippen molar-refractivity contribution < 1.29 is 13.5 Å². The van der Waals surface area contributed by atoms with Crippen LogP contribution in [0.25, 0.3) is 0 Å². The average molecular weight is 351 g/mol. The maximum absolute atomic E-state index is 12.3. The predicted molar refractivity (Wildman–Crippen MR) is 77.2 cm³/mol. The molecule has 2 N–H and O–H groups in total. The van der Waals surface area contributed by atoms with Crippen molar-refractivity contribution in [2.45, 2.75) is 38.1 Å². The lowest BCUT2D eigenvalue weighted by Gasteiger charge is -2.30. The standard InChI is InChI=1S/C12H19BrN2O3S/c1-12(2,3)11(4-5-16)15-19(17,18)10-6-9(13)7-14-8-10/h6-8,11,15-16H,4-5H2,1-3H3. The van der Waals surface area contributed by atoms with Crippen LogP contribution in [0.3, 0.4) is 0 Å². The Morgan fingerprint density at radius 2 is 2.05 bits per heavy atom. The minimum atomic E-state index is -3.64. The van der Waals surface area contributed by atoms with E-state index in [9.17, 15) is 8.42 Å². The SMILES string of the molecule is CC(C)(C)C(CCO)NS(=O)(=O)c1cncc(Br)c1. The molecule has 1 aromatic heterocycles. The first-order valence-electron chi connectivity index (χ1n) is 5.90. The minimum absolute atomic E-state index is 0.0683. The molecule has 19 heavy (non-hydrogen) atoms. The molecule has 1 unspecified atom stereocenters. The monoisotopic (exact) mass is 350 g/mol. The molecule has 0 aromatic carbocycles. The number of rotatable bonds is 5. The lowest BCUT2D eigenvalue weighted by Crippen LogP contribution is -2.44. The maximum atomic E-state index is 12.3. The van der Waals surface area contributed by atoms with E-state index in [0.29, 0.717) is 10.9 Å². The summed E-state index contributed by atoms with van der Waals surface area (Å²) in [6.45, 7) is 5.71. The summed E-state index contributed by atoms with van der Waals surface area (Å²) in [6.07, 6.45) is 3.18. The number of halogens is 1. The number of aliphatic hydroxyl groups is 1. The summed E-state index contributed by atoms with van der Waals surface area (Å²) in [5, 5.41) is 9.06. The number of hydrogen-bond acceptors (Lipinski definition) is 4. The molecular weight excluding hydrogens is 332 g/mol. The number of nitrogens with zero attached hydrogens (tertiary/aromatic N) is 1. The van der Waals surface area contributed by atoms with Crippen LogP contribution in [0.1, 0.15) is 27.2 Å². The van der Waals surface area contributed by atoms with E-state index in [0.717, 1.165) is 0 Å². The Morgan fingerprint density at radius 1 is 1.42 bits per heavy atom. The zero-order valence-corrected chi connectivity index (χ0v) is 13.6. The topological polar surface area (TPSA) is 79.3 Å². The van der Waals surface area contributed by atoms with Crippen LogP contribution in [-0.2, 0) is 10.0 Å². The number of aromatic nitrogens is 1. The highest BCUT2D eigenvalue weighted by molar-refractivity contribution is 9.10. The number of sulfonamides is 1. The zero-order valence-electron chi connectivity index (χ0n) is 11.2. The van der Waals surface area contributed by atoms with E-state index in [2.05, 4.69) is 25.6 Å². The van der Waals surface area contributed by atoms with Gasteiger partial charge in [0.05, 0.1) is 0 Å². The molecule has 0 aliphatic carbocycles. The summed E-state index contributed by atoms with van der Waals surface area (Å²) in [4.78, 5) is 3.96. The van der Waals surface area contributed by atoms with E-state index >= 15 is 0 Å². The maximum Gasteiger partial charge on any atom is 0.242 e. The quantitative estimate of drug-likeness (QED) is 0.850. The Morgan fingerprint density at radius 3 is 2.53 bits per heavy atom. The van der Waals surface area contributed by atoms with Gasteiger partial charge in [-0.05, 0) is 33.8 Å². The molecule has 1 aromatic rings. The summed E-state index contributed by atoms with van der Waals surface area (Å²) in [6, 6.07) is 1.15. The average Bonchev–Trinajstić information content (AvgIpc) is 2.27. The van der Waals surface area contributed by atoms with Crippen LogP contribution < -0.4 is 4.72 Å². The minimum Gasteiger partial charge on any atom is -0.396 e. The molecule has 0 saturated heterocycles. The van der Waals surface area contributed by atoms with E-state index in [4.69, 9.17) is 5.11 Å². The summed E-state index contributed by atoms with van der Waals surface area (Å²) >= 11 is 3.20. The molecule has 5 nitrogen and oxygen atoms in total. The van der Waals surface area contributed by atoms with Crippen molar-refractivity contribution in [2.24, 2.45) is 5.41 Å². The fourth-order valence-corrected chi connectivity index (χ4v) is 3.57. The lowest BCUT2D eigenvalue weighted by molar-refractivity contribution is 0.214. The van der Waals surface area contributed by atoms with Crippen LogP contribution in [-0.4, -0.2) is 31.2 Å². The second kappa shape index (κ2) is 6.30. The van der Waals surface area contributed by atoms with Gasteiger partial charge in [-0.25, -0.2) is 13.1 Å². The Balaban J connectivity index is 3.01. The molecule has 108 valence electrons. The molecule has 1 rings (SSSR count). The van der Waals surface area contributed by atoms with Crippen LogP contribution in [0.2, 0.25) is 0 Å². The van der Waals surface area contributed by atoms with Crippen LogP contribution in [0.4, 0.5) is 0 Å². The van der Waals surface area contributed by atoms with Gasteiger partial charge in [-0.15, -0.1) is 0 Å². The normalized spacial score (nSPS) is 14.4. The fourth-order valence-electron chi connectivity index (χ4n) is 1.59. The Labute approximate surface area is 122 Å². The zero-order chi connectivity index (χ0) is 14.7. The third-order valence-corrected chi connectivity index (χ3v) is 4.62. The van der Waals surface area contributed by atoms with Gasteiger partial charge >= 0.3 is 0 Å². The Kier molecular flexibility index (Phi) is 5.49. The van der Waals surface area contributed by atoms with E-state index in [1.54, 1.807) is 0 Å². The predicted octanol–water partition coefficient (Wildman–Crippen LogP) is 1.92. The molecule has 0 amide bonds. The van der Waals surface area contributed by atoms with Gasteiger partial charge in [-0.3, -0.25) is 4.98 Å². The van der Waals surface area contributed by atoms with Gasteiger partial charge in [0.15, 0.2) is 0 Å². The Bertz CT molecular complexity index is 526. The molecule has 7 heteroatoms. The van der Waals surface area contributed by atoms with E-state index in [-0.39, 0.29) is 23.0 Å². The van der Waals surface area contributed by atoms with E-state index in [1.165, 1.54) is 18.5 Å². The van der Waals surface area contributed by atoms with E-state index < -0.39 is 10.0 Å². The summed E-state index contributed by atoms with van der Waals surface area (Å²) in [7, 11) is -3.64. The molecule has 0 spiro atoms. The molecular formula is C12H19BrN2O3S. The van der Waals surface area contributed by atoms with Gasteiger partial charge in [-0.2, -0.15) is 0 Å². The molecule has 0 fully saturated rings. The lowest BCUT2D eigenvalue weighted by atomic mass is 9.86. The van der Waals surface area contributed by atoms with Crippen molar-refractivity contribution in [3.05, 3.63) is 22.9 Å². The first-order chi connectivity index (χ1) is 8.66. The summed E-state index contributed by atoms with van der Waals surface area (Å²) < 4.78 is 27.8. The second-order valence-electron chi connectivity index (χ2n) is 5.39. The third kappa shape index (κ3) is 4.83. The molecule has 0 radical (unpaired) electrons. The molecule has 1 atom stereocenters. The van der Waals surface area contributed by atoms with Gasteiger partial charge < -0.3 is 5.11 Å². The number of pyridine rings is 1. The molecule has 0 saturated carbocycles. The molecule has 0 bridgehead atoms. The molecule has 1 heterocycles.